The number of para-hydroxylation sites is 1. The van der Waals surface area contributed by atoms with Gasteiger partial charge in [0.2, 0.25) is 20.1 Å². The Morgan fingerprint density at radius 2 is 2.18 bits per heavy atom. The predicted octanol–water partition coefficient (Wildman–Crippen LogP) is 2.28. The summed E-state index contributed by atoms with van der Waals surface area (Å²) in [7, 11) is -3.68. The van der Waals surface area contributed by atoms with Gasteiger partial charge < -0.3 is 4.90 Å². The van der Waals surface area contributed by atoms with E-state index in [-0.39, 0.29) is 10.4 Å². The molecule has 5 nitrogen and oxygen atoms in total. The minimum atomic E-state index is -3.68. The van der Waals surface area contributed by atoms with E-state index < -0.39 is 21.5 Å². The summed E-state index contributed by atoms with van der Waals surface area (Å²) in [5.41, 5.74) is 1.90. The van der Waals surface area contributed by atoms with Crippen LogP contribution in [0.5, 0.6) is 0 Å². The molecular weight excluding hydrogens is 320 g/mol. The van der Waals surface area contributed by atoms with Crippen molar-refractivity contribution in [3.05, 3.63) is 41.4 Å². The van der Waals surface area contributed by atoms with Crippen molar-refractivity contribution in [1.82, 2.24) is 4.98 Å². The first-order valence-corrected chi connectivity index (χ1v) is 9.54. The van der Waals surface area contributed by atoms with Crippen LogP contribution in [0.2, 0.25) is 0 Å². The summed E-state index contributed by atoms with van der Waals surface area (Å²) >= 11 is 1.04. The van der Waals surface area contributed by atoms with Crippen LogP contribution in [-0.2, 0) is 21.1 Å². The maximum absolute atomic E-state index is 12.6. The lowest BCUT2D eigenvalue weighted by Crippen LogP contribution is -2.44. The number of thiazole rings is 1. The smallest absolute Gasteiger partial charge is 0.242 e. The second-order valence-electron chi connectivity index (χ2n) is 5.34. The molecule has 1 atom stereocenters. The normalized spacial score (nSPS) is 18.0. The number of amides is 1. The molecule has 1 aliphatic heterocycles. The average molecular weight is 336 g/mol. The van der Waals surface area contributed by atoms with Crippen LogP contribution < -0.4 is 4.90 Å². The molecule has 0 bridgehead atoms. The Morgan fingerprint density at radius 3 is 2.91 bits per heavy atom. The van der Waals surface area contributed by atoms with Crippen LogP contribution in [0, 0.1) is 0 Å². The molecule has 0 saturated carbocycles. The third-order valence-corrected chi connectivity index (χ3v) is 6.66. The van der Waals surface area contributed by atoms with Crippen molar-refractivity contribution in [1.29, 1.82) is 0 Å². The topological polar surface area (TPSA) is 67.3 Å². The van der Waals surface area contributed by atoms with Gasteiger partial charge >= 0.3 is 0 Å². The third-order valence-electron chi connectivity index (χ3n) is 3.78. The predicted molar refractivity (Wildman–Crippen MR) is 85.9 cm³/mol. The third kappa shape index (κ3) is 2.78. The lowest BCUT2D eigenvalue weighted by atomic mass is 9.97. The van der Waals surface area contributed by atoms with Crippen LogP contribution in [-0.4, -0.2) is 31.1 Å². The number of aryl methyl sites for hydroxylation is 1. The van der Waals surface area contributed by atoms with Gasteiger partial charge in [-0.15, -0.1) is 11.3 Å². The molecule has 0 saturated heterocycles. The van der Waals surface area contributed by atoms with Crippen LogP contribution in [0.3, 0.4) is 0 Å². The molecule has 7 heteroatoms. The Hall–Kier alpha value is -1.73. The van der Waals surface area contributed by atoms with Crippen LogP contribution in [0.25, 0.3) is 0 Å². The van der Waals surface area contributed by atoms with Gasteiger partial charge in [-0.25, -0.2) is 13.4 Å². The van der Waals surface area contributed by atoms with Gasteiger partial charge in [-0.3, -0.25) is 4.79 Å². The molecule has 3 rings (SSSR count). The summed E-state index contributed by atoms with van der Waals surface area (Å²) in [6, 6.07) is 7.65. The maximum atomic E-state index is 12.6. The molecular formula is C15H16N2O3S2. The Kier molecular flexibility index (Phi) is 4.01. The molecule has 0 fully saturated rings. The highest BCUT2D eigenvalue weighted by molar-refractivity contribution is 7.94. The monoisotopic (exact) mass is 336 g/mol. The second kappa shape index (κ2) is 5.81. The van der Waals surface area contributed by atoms with E-state index in [4.69, 9.17) is 0 Å². The fraction of sp³-hybridized carbons (Fsp3) is 0.333. The van der Waals surface area contributed by atoms with Gasteiger partial charge in [-0.2, -0.15) is 0 Å². The van der Waals surface area contributed by atoms with Crippen molar-refractivity contribution in [3.63, 3.8) is 0 Å². The molecule has 116 valence electrons. The molecule has 0 spiro atoms. The number of sulfone groups is 1. The van der Waals surface area contributed by atoms with E-state index in [0.717, 1.165) is 35.4 Å². The molecule has 1 aliphatic rings. The minimum Gasteiger partial charge on any atom is -0.308 e. The number of hydrogen-bond acceptors (Lipinski definition) is 5. The molecule has 1 aromatic carbocycles. The highest BCUT2D eigenvalue weighted by Crippen LogP contribution is 2.31. The quantitative estimate of drug-likeness (QED) is 0.862. The second-order valence-corrected chi connectivity index (χ2v) is 8.40. The number of benzene rings is 1. The van der Waals surface area contributed by atoms with E-state index in [1.54, 1.807) is 10.3 Å². The number of nitrogens with zero attached hydrogens (tertiary/aromatic N) is 2. The van der Waals surface area contributed by atoms with Crippen LogP contribution in [0.15, 0.2) is 40.2 Å². The van der Waals surface area contributed by atoms with E-state index in [9.17, 15) is 13.2 Å². The molecule has 0 aliphatic carbocycles. The number of anilines is 1. The number of aromatic nitrogens is 1. The molecule has 0 radical (unpaired) electrons. The van der Waals surface area contributed by atoms with Crippen molar-refractivity contribution in [2.24, 2.45) is 0 Å². The van der Waals surface area contributed by atoms with E-state index in [1.165, 1.54) is 6.20 Å². The van der Waals surface area contributed by atoms with Gasteiger partial charge in [0, 0.05) is 23.3 Å². The zero-order valence-corrected chi connectivity index (χ0v) is 13.7. The summed E-state index contributed by atoms with van der Waals surface area (Å²) in [5.74, 6) is -0.936. The lowest BCUT2D eigenvalue weighted by Gasteiger charge is -2.35. The summed E-state index contributed by atoms with van der Waals surface area (Å²) in [6.07, 6.45) is 3.17. The van der Waals surface area contributed by atoms with Crippen molar-refractivity contribution in [2.75, 3.05) is 10.7 Å². The van der Waals surface area contributed by atoms with E-state index in [2.05, 4.69) is 4.98 Å². The van der Waals surface area contributed by atoms with E-state index in [0.29, 0.717) is 0 Å². The Balaban J connectivity index is 1.89. The molecule has 1 unspecified atom stereocenters. The zero-order chi connectivity index (χ0) is 15.7. The number of carbonyl (C=O) groups is 1. The standard InChI is InChI=1S/C15H16N2O3S2/c1-11-6-7-12-4-2-3-5-13(12)17(11)14(18)10-22(19,20)15-16-8-9-21-15/h2-5,8-9,11H,6-7,10H2,1H3. The molecule has 1 aromatic heterocycles. The average Bonchev–Trinajstić information content (AvgIpc) is 3.01. The van der Waals surface area contributed by atoms with E-state index >= 15 is 0 Å². The van der Waals surface area contributed by atoms with Crippen LogP contribution in [0.1, 0.15) is 18.9 Å². The SMILES string of the molecule is CC1CCc2ccccc2N1C(=O)CS(=O)(=O)c1nccs1. The molecule has 0 N–H and O–H groups in total. The largest absolute Gasteiger partial charge is 0.308 e. The van der Waals surface area contributed by atoms with Crippen molar-refractivity contribution < 1.29 is 13.2 Å². The minimum absolute atomic E-state index is 0.00111. The highest BCUT2D eigenvalue weighted by Gasteiger charge is 2.32. The fourth-order valence-electron chi connectivity index (χ4n) is 2.73. The molecule has 22 heavy (non-hydrogen) atoms. The van der Waals surface area contributed by atoms with Gasteiger partial charge in [0.15, 0.2) is 0 Å². The maximum Gasteiger partial charge on any atom is 0.242 e. The van der Waals surface area contributed by atoms with Gasteiger partial charge in [0.1, 0.15) is 5.75 Å². The number of hydrogen-bond donors (Lipinski definition) is 0. The summed E-state index contributed by atoms with van der Waals surface area (Å²) < 4.78 is 24.5. The number of rotatable bonds is 3. The molecule has 2 heterocycles. The Morgan fingerprint density at radius 1 is 1.41 bits per heavy atom. The first kappa shape index (κ1) is 15.2. The Bertz CT molecular complexity index is 785. The number of carbonyl (C=O) groups excluding carboxylic acids is 1. The number of fused-ring (bicyclic) bond motifs is 1. The Labute approximate surface area is 133 Å². The van der Waals surface area contributed by atoms with Crippen molar-refractivity contribution in [2.45, 2.75) is 30.1 Å². The highest BCUT2D eigenvalue weighted by atomic mass is 32.2. The summed E-state index contributed by atoms with van der Waals surface area (Å²) in [4.78, 5) is 18.0. The van der Waals surface area contributed by atoms with Gasteiger partial charge in [0.05, 0.1) is 0 Å². The first-order valence-electron chi connectivity index (χ1n) is 7.01. The van der Waals surface area contributed by atoms with Gasteiger partial charge in [0.25, 0.3) is 0 Å². The zero-order valence-electron chi connectivity index (χ0n) is 12.1. The van der Waals surface area contributed by atoms with Gasteiger partial charge in [-0.05, 0) is 31.4 Å². The van der Waals surface area contributed by atoms with Crippen molar-refractivity contribution in [3.8, 4) is 0 Å². The molecule has 1 amide bonds. The summed E-state index contributed by atoms with van der Waals surface area (Å²) in [6.45, 7) is 1.95. The van der Waals surface area contributed by atoms with Crippen LogP contribution >= 0.6 is 11.3 Å². The van der Waals surface area contributed by atoms with Crippen LogP contribution in [0.4, 0.5) is 5.69 Å². The van der Waals surface area contributed by atoms with Gasteiger partial charge in [-0.1, -0.05) is 18.2 Å². The molecule has 2 aromatic rings. The fourth-order valence-corrected chi connectivity index (χ4v) is 4.82. The summed E-state index contributed by atoms with van der Waals surface area (Å²) in [5, 5.41) is 1.59. The van der Waals surface area contributed by atoms with Crippen molar-refractivity contribution >= 4 is 32.8 Å². The first-order chi connectivity index (χ1) is 10.5. The lowest BCUT2D eigenvalue weighted by molar-refractivity contribution is -0.116. The van der Waals surface area contributed by atoms with E-state index in [1.807, 2.05) is 31.2 Å².